The fraction of sp³-hybridized carbons (Fsp3) is 0.350. The highest BCUT2D eigenvalue weighted by Gasteiger charge is 2.43. The van der Waals surface area contributed by atoms with Gasteiger partial charge in [-0.1, -0.05) is 74.0 Å². The molecular weight excluding hydrogens is 652 g/mol. The summed E-state index contributed by atoms with van der Waals surface area (Å²) in [5.41, 5.74) is 4.53. The molecule has 4 aromatic rings. The number of nitrogens with one attached hydrogen (secondary N) is 2. The highest BCUT2D eigenvalue weighted by Crippen LogP contribution is 2.44. The Hall–Kier alpha value is -4.89. The lowest BCUT2D eigenvalue weighted by Crippen LogP contribution is -2.55. The van der Waals surface area contributed by atoms with Crippen LogP contribution in [-0.2, 0) is 20.9 Å². The van der Waals surface area contributed by atoms with Gasteiger partial charge in [0, 0.05) is 41.8 Å². The Kier molecular flexibility index (Phi) is 10.4. The van der Waals surface area contributed by atoms with Crippen molar-refractivity contribution in [1.82, 2.24) is 14.8 Å². The Morgan fingerprint density at radius 2 is 1.60 bits per heavy atom. The van der Waals surface area contributed by atoms with Crippen LogP contribution in [0.25, 0.3) is 28.2 Å². The Bertz CT molecular complexity index is 1930. The van der Waals surface area contributed by atoms with Crippen molar-refractivity contribution in [3.05, 3.63) is 94.5 Å². The van der Waals surface area contributed by atoms with Crippen LogP contribution in [0.5, 0.6) is 0 Å². The number of hydrogen-bond acceptors (Lipinski definition) is 4. The molecule has 260 valence electrons. The van der Waals surface area contributed by atoms with E-state index in [1.807, 2.05) is 42.5 Å². The molecule has 50 heavy (non-hydrogen) atoms. The van der Waals surface area contributed by atoms with Gasteiger partial charge in [-0.3, -0.25) is 14.4 Å². The van der Waals surface area contributed by atoms with Crippen molar-refractivity contribution in [2.24, 2.45) is 0 Å². The maximum Gasteiger partial charge on any atom is 0.328 e. The van der Waals surface area contributed by atoms with E-state index >= 15 is 0 Å². The van der Waals surface area contributed by atoms with Gasteiger partial charge in [-0.15, -0.1) is 0 Å². The first-order chi connectivity index (χ1) is 24.0. The maximum atomic E-state index is 14.1. The number of aliphatic carboxylic acids is 1. The van der Waals surface area contributed by atoms with Crippen molar-refractivity contribution in [3.8, 4) is 11.3 Å². The Labute approximate surface area is 297 Å². The summed E-state index contributed by atoms with van der Waals surface area (Å²) in [6.45, 7) is 0.108. The molecule has 3 N–H and O–H groups in total. The smallest absolute Gasteiger partial charge is 0.328 e. The predicted octanol–water partition coefficient (Wildman–Crippen LogP) is 7.88. The van der Waals surface area contributed by atoms with E-state index in [1.54, 1.807) is 43.3 Å². The largest absolute Gasteiger partial charge is 0.478 e. The molecular formula is C40H43ClN4O5. The number of carbonyl (C=O) groups is 4. The summed E-state index contributed by atoms with van der Waals surface area (Å²) in [5, 5.41) is 16.6. The number of fused-ring (bicyclic) bond motifs is 1. The first-order valence-electron chi connectivity index (χ1n) is 17.3. The summed E-state index contributed by atoms with van der Waals surface area (Å²) < 4.78 is 2.05. The van der Waals surface area contributed by atoms with Gasteiger partial charge in [0.05, 0.1) is 11.2 Å². The molecule has 1 heterocycles. The van der Waals surface area contributed by atoms with Crippen LogP contribution in [0, 0.1) is 0 Å². The predicted molar refractivity (Wildman–Crippen MR) is 197 cm³/mol. The van der Waals surface area contributed by atoms with Crippen LogP contribution in [-0.4, -0.2) is 57.9 Å². The van der Waals surface area contributed by atoms with Crippen molar-refractivity contribution in [2.45, 2.75) is 75.8 Å². The van der Waals surface area contributed by atoms with Crippen molar-refractivity contribution < 1.29 is 24.3 Å². The van der Waals surface area contributed by atoms with Crippen molar-refractivity contribution >= 4 is 58.0 Å². The van der Waals surface area contributed by atoms with Crippen molar-refractivity contribution in [2.75, 3.05) is 19.4 Å². The molecule has 2 fully saturated rings. The number of rotatable bonds is 10. The summed E-state index contributed by atoms with van der Waals surface area (Å²) in [6, 6.07) is 20.3. The van der Waals surface area contributed by atoms with Crippen LogP contribution in [0.1, 0.15) is 85.2 Å². The number of halogens is 1. The molecule has 0 spiro atoms. The molecule has 2 aliphatic carbocycles. The molecule has 3 amide bonds. The van der Waals surface area contributed by atoms with Gasteiger partial charge in [-0.25, -0.2) is 4.79 Å². The number of nitrogens with zero attached hydrogens (tertiary/aromatic N) is 2. The van der Waals surface area contributed by atoms with Gasteiger partial charge >= 0.3 is 5.97 Å². The number of amides is 3. The van der Waals surface area contributed by atoms with E-state index in [0.29, 0.717) is 40.6 Å². The quantitative estimate of drug-likeness (QED) is 0.146. The number of hydrogen-bond donors (Lipinski definition) is 3. The molecule has 0 unspecified atom stereocenters. The van der Waals surface area contributed by atoms with Gasteiger partial charge in [-0.05, 0) is 90.8 Å². The van der Waals surface area contributed by atoms with E-state index in [-0.39, 0.29) is 24.3 Å². The minimum atomic E-state index is -1.08. The second kappa shape index (κ2) is 14.9. The zero-order chi connectivity index (χ0) is 35.4. The minimum Gasteiger partial charge on any atom is -0.478 e. The second-order valence-electron chi connectivity index (χ2n) is 13.7. The average Bonchev–Trinajstić information content (AvgIpc) is 3.72. The number of carboxylic acid groups (broad SMARTS) is 1. The van der Waals surface area contributed by atoms with E-state index in [2.05, 4.69) is 15.2 Å². The number of anilines is 1. The van der Waals surface area contributed by atoms with E-state index in [0.717, 1.165) is 66.8 Å². The van der Waals surface area contributed by atoms with Gasteiger partial charge < -0.3 is 25.2 Å². The monoisotopic (exact) mass is 694 g/mol. The summed E-state index contributed by atoms with van der Waals surface area (Å²) in [7, 11) is 3.49. The van der Waals surface area contributed by atoms with Crippen LogP contribution < -0.4 is 10.6 Å². The highest BCUT2D eigenvalue weighted by atomic mass is 35.5. The molecule has 1 aromatic heterocycles. The van der Waals surface area contributed by atoms with Crippen LogP contribution in [0.3, 0.4) is 0 Å². The van der Waals surface area contributed by atoms with Crippen LogP contribution in [0.15, 0.2) is 72.8 Å². The topological polar surface area (TPSA) is 121 Å². The average molecular weight is 695 g/mol. The molecule has 2 saturated carbocycles. The van der Waals surface area contributed by atoms with E-state index in [1.165, 1.54) is 18.1 Å². The van der Waals surface area contributed by atoms with Gasteiger partial charge in [-0.2, -0.15) is 0 Å². The van der Waals surface area contributed by atoms with Crippen molar-refractivity contribution in [3.63, 3.8) is 0 Å². The molecule has 6 rings (SSSR count). The molecule has 0 aliphatic heterocycles. The van der Waals surface area contributed by atoms with Gasteiger partial charge in [0.25, 0.3) is 5.91 Å². The van der Waals surface area contributed by atoms with Crippen molar-refractivity contribution in [1.29, 1.82) is 0 Å². The second-order valence-corrected chi connectivity index (χ2v) is 14.1. The molecule has 9 nitrogen and oxygen atoms in total. The van der Waals surface area contributed by atoms with Gasteiger partial charge in [0.2, 0.25) is 11.8 Å². The number of likely N-dealkylation sites (N-methyl/N-ethyl adjacent to an activating group) is 1. The fourth-order valence-electron chi connectivity index (χ4n) is 7.45. The zero-order valence-electron chi connectivity index (χ0n) is 28.5. The summed E-state index contributed by atoms with van der Waals surface area (Å²) in [4.78, 5) is 53.6. The summed E-state index contributed by atoms with van der Waals surface area (Å²) in [6.07, 6.45) is 10.8. The Morgan fingerprint density at radius 3 is 2.24 bits per heavy atom. The molecule has 3 aromatic carbocycles. The first kappa shape index (κ1) is 35.0. The minimum absolute atomic E-state index is 0.0605. The van der Waals surface area contributed by atoms with E-state index in [4.69, 9.17) is 16.7 Å². The number of benzene rings is 3. The standard InChI is InChI=1S/C40H43ClN4O5/c1-44(2)34(46)25-45-33-24-29(15-20-32(33)36(27-8-4-3-5-9-27)37(45)28-13-16-30(41)17-14-28)38(49)43-40(22-6-7-23-40)39(50)42-31-18-10-26(11-19-31)12-21-35(47)48/h10-21,24,27H,3-9,22-23,25H2,1-2H3,(H,42,50)(H,43,49)(H,47,48)/b21-12+. The zero-order valence-corrected chi connectivity index (χ0v) is 29.3. The maximum absolute atomic E-state index is 14.1. The Balaban J connectivity index is 1.36. The van der Waals surface area contributed by atoms with Crippen LogP contribution in [0.4, 0.5) is 5.69 Å². The SMILES string of the molecule is CN(C)C(=O)Cn1c(-c2ccc(Cl)cc2)c(C2CCCCC2)c2ccc(C(=O)NC3(C(=O)Nc4ccc(/C=C/C(=O)O)cc4)CCCC3)cc21. The van der Waals surface area contributed by atoms with Gasteiger partial charge in [0.1, 0.15) is 12.1 Å². The number of aromatic nitrogens is 1. The first-order valence-corrected chi connectivity index (χ1v) is 17.7. The summed E-state index contributed by atoms with van der Waals surface area (Å²) in [5.74, 6) is -1.42. The normalized spacial score (nSPS) is 16.1. The lowest BCUT2D eigenvalue weighted by Gasteiger charge is -2.29. The van der Waals surface area contributed by atoms with E-state index < -0.39 is 11.5 Å². The lowest BCUT2D eigenvalue weighted by atomic mass is 9.81. The highest BCUT2D eigenvalue weighted by molar-refractivity contribution is 6.30. The molecule has 0 radical (unpaired) electrons. The number of carbonyl (C=O) groups excluding carboxylic acids is 3. The molecule has 0 atom stereocenters. The third kappa shape index (κ3) is 7.48. The Morgan fingerprint density at radius 1 is 0.920 bits per heavy atom. The fourth-order valence-corrected chi connectivity index (χ4v) is 7.58. The molecule has 2 aliphatic rings. The van der Waals surface area contributed by atoms with Crippen LogP contribution in [0.2, 0.25) is 5.02 Å². The molecule has 10 heteroatoms. The third-order valence-electron chi connectivity index (χ3n) is 10.1. The van der Waals surface area contributed by atoms with E-state index in [9.17, 15) is 19.2 Å². The summed E-state index contributed by atoms with van der Waals surface area (Å²) >= 11 is 6.30. The molecule has 0 saturated heterocycles. The van der Waals surface area contributed by atoms with Crippen LogP contribution >= 0.6 is 11.6 Å². The lowest BCUT2D eigenvalue weighted by molar-refractivity contribution is -0.131. The third-order valence-corrected chi connectivity index (χ3v) is 10.4. The number of carboxylic acids is 1. The van der Waals surface area contributed by atoms with Gasteiger partial charge in [0.15, 0.2) is 0 Å². The molecule has 0 bridgehead atoms.